The van der Waals surface area contributed by atoms with Crippen molar-refractivity contribution >= 4 is 17.0 Å². The summed E-state index contributed by atoms with van der Waals surface area (Å²) in [6.45, 7) is 3.94. The molecular formula is C25H26N8O2. The quantitative estimate of drug-likeness (QED) is 0.345. The molecule has 10 heteroatoms. The van der Waals surface area contributed by atoms with Gasteiger partial charge in [0.25, 0.3) is 0 Å². The summed E-state index contributed by atoms with van der Waals surface area (Å²) in [6, 6.07) is 7.82. The summed E-state index contributed by atoms with van der Waals surface area (Å²) in [5, 5.41) is 5.18. The highest BCUT2D eigenvalue weighted by atomic mass is 16.7. The summed E-state index contributed by atoms with van der Waals surface area (Å²) in [5.74, 6) is 0.140. The number of nitrogens with two attached hydrogens (primary N) is 1. The van der Waals surface area contributed by atoms with E-state index in [1.807, 2.05) is 63.9 Å². The molecule has 1 atom stereocenters. The summed E-state index contributed by atoms with van der Waals surface area (Å²) in [7, 11) is 3.46. The van der Waals surface area contributed by atoms with Crippen LogP contribution in [-0.2, 0) is 22.1 Å². The molecule has 5 heterocycles. The topological polar surface area (TPSA) is 130 Å². The molecule has 1 unspecified atom stereocenters. The summed E-state index contributed by atoms with van der Waals surface area (Å²) < 4.78 is 13.2. The number of aryl methyl sites for hydroxylation is 2. The van der Waals surface area contributed by atoms with Crippen LogP contribution >= 0.6 is 0 Å². The lowest BCUT2D eigenvalue weighted by atomic mass is 9.91. The fourth-order valence-corrected chi connectivity index (χ4v) is 4.12. The Kier molecular flexibility index (Phi) is 5.75. The Morgan fingerprint density at radius 3 is 2.71 bits per heavy atom. The monoisotopic (exact) mass is 470 g/mol. The summed E-state index contributed by atoms with van der Waals surface area (Å²) in [5.41, 5.74) is 11.8. The van der Waals surface area contributed by atoms with Gasteiger partial charge in [-0.2, -0.15) is 5.10 Å². The Morgan fingerprint density at radius 1 is 1.11 bits per heavy atom. The number of rotatable bonds is 7. The first-order chi connectivity index (χ1) is 16.9. The molecule has 3 N–H and O–H groups in total. The number of nitrogen functional groups attached to an aromatic ring is 1. The van der Waals surface area contributed by atoms with Gasteiger partial charge in [-0.3, -0.25) is 9.67 Å². The van der Waals surface area contributed by atoms with Crippen LogP contribution in [0.4, 0.5) is 5.95 Å². The van der Waals surface area contributed by atoms with E-state index < -0.39 is 5.60 Å². The second-order valence-electron chi connectivity index (χ2n) is 8.49. The van der Waals surface area contributed by atoms with E-state index in [4.69, 9.17) is 15.2 Å². The number of hydrogen-bond donors (Lipinski definition) is 2. The van der Waals surface area contributed by atoms with Crippen molar-refractivity contribution in [2.45, 2.75) is 19.4 Å². The van der Waals surface area contributed by atoms with Crippen LogP contribution in [0.3, 0.4) is 0 Å². The van der Waals surface area contributed by atoms with Crippen molar-refractivity contribution in [2.24, 2.45) is 7.05 Å². The molecule has 10 nitrogen and oxygen atoms in total. The molecule has 0 bridgehead atoms. The molecule has 0 spiro atoms. The average molecular weight is 471 g/mol. The number of pyridine rings is 2. The zero-order chi connectivity index (χ0) is 24.6. The maximum absolute atomic E-state index is 6.21. The molecule has 0 fully saturated rings. The molecule has 0 amide bonds. The summed E-state index contributed by atoms with van der Waals surface area (Å²) in [6.07, 6.45) is 9.20. The number of aromatic nitrogens is 7. The first-order valence-electron chi connectivity index (χ1n) is 11.0. The van der Waals surface area contributed by atoms with Crippen LogP contribution in [-0.4, -0.2) is 48.6 Å². The predicted octanol–water partition coefficient (Wildman–Crippen LogP) is 3.59. The average Bonchev–Trinajstić information content (AvgIpc) is 3.48. The van der Waals surface area contributed by atoms with Crippen molar-refractivity contribution in [3.63, 3.8) is 0 Å². The third kappa shape index (κ3) is 4.25. The van der Waals surface area contributed by atoms with E-state index in [0.717, 1.165) is 39.0 Å². The molecule has 178 valence electrons. The summed E-state index contributed by atoms with van der Waals surface area (Å²) >= 11 is 0. The van der Waals surface area contributed by atoms with Crippen molar-refractivity contribution < 1.29 is 9.47 Å². The molecule has 0 aliphatic rings. The summed E-state index contributed by atoms with van der Waals surface area (Å²) in [4.78, 5) is 21.2. The van der Waals surface area contributed by atoms with Crippen molar-refractivity contribution in [1.29, 1.82) is 0 Å². The van der Waals surface area contributed by atoms with Gasteiger partial charge >= 0.3 is 0 Å². The third-order valence-electron chi connectivity index (χ3n) is 5.99. The van der Waals surface area contributed by atoms with E-state index >= 15 is 0 Å². The van der Waals surface area contributed by atoms with Gasteiger partial charge in [0.1, 0.15) is 18.0 Å². The fraction of sp³-hybridized carbons (Fsp3) is 0.240. The van der Waals surface area contributed by atoms with Crippen LogP contribution in [0.1, 0.15) is 23.9 Å². The second kappa shape index (κ2) is 8.90. The number of methoxy groups -OCH3 is 1. The van der Waals surface area contributed by atoms with E-state index in [0.29, 0.717) is 11.4 Å². The van der Waals surface area contributed by atoms with Crippen LogP contribution < -0.4 is 5.73 Å². The highest BCUT2D eigenvalue weighted by Crippen LogP contribution is 2.36. The fourth-order valence-electron chi connectivity index (χ4n) is 4.12. The molecule has 0 aliphatic heterocycles. The van der Waals surface area contributed by atoms with Crippen LogP contribution in [0.2, 0.25) is 0 Å². The molecule has 5 aromatic heterocycles. The SMILES string of the molecule is COCOC(C)(c1ccnc(C)c1)c1cc(-c2c[nH]c3ncc(-c4cnn(C)c4)cc23)nc(N)n1. The Bertz CT molecular complexity index is 1510. The minimum absolute atomic E-state index is 0.0720. The lowest BCUT2D eigenvalue weighted by molar-refractivity contribution is -0.109. The Hall–Kier alpha value is -4.15. The lowest BCUT2D eigenvalue weighted by Gasteiger charge is -2.30. The van der Waals surface area contributed by atoms with Crippen LogP contribution in [0.5, 0.6) is 0 Å². The van der Waals surface area contributed by atoms with Crippen molar-refractivity contribution in [2.75, 3.05) is 19.6 Å². The van der Waals surface area contributed by atoms with Gasteiger partial charge in [-0.05, 0) is 43.7 Å². The predicted molar refractivity (Wildman–Crippen MR) is 132 cm³/mol. The maximum Gasteiger partial charge on any atom is 0.220 e. The number of fused-ring (bicyclic) bond motifs is 1. The minimum atomic E-state index is -0.944. The molecule has 0 aliphatic carbocycles. The molecule has 0 saturated heterocycles. The van der Waals surface area contributed by atoms with Gasteiger partial charge in [-0.1, -0.05) is 0 Å². The van der Waals surface area contributed by atoms with Crippen molar-refractivity contribution in [3.8, 4) is 22.4 Å². The number of aromatic amines is 1. The number of ether oxygens (including phenoxy) is 2. The number of nitrogens with zero attached hydrogens (tertiary/aromatic N) is 6. The first kappa shape index (κ1) is 22.6. The maximum atomic E-state index is 6.21. The molecule has 0 saturated carbocycles. The van der Waals surface area contributed by atoms with Crippen molar-refractivity contribution in [3.05, 3.63) is 72.2 Å². The molecule has 0 aromatic carbocycles. The second-order valence-corrected chi connectivity index (χ2v) is 8.49. The molecule has 35 heavy (non-hydrogen) atoms. The van der Waals surface area contributed by atoms with Gasteiger partial charge in [0, 0.05) is 66.7 Å². The zero-order valence-corrected chi connectivity index (χ0v) is 20.0. The van der Waals surface area contributed by atoms with E-state index in [2.05, 4.69) is 36.1 Å². The Labute approximate surface area is 202 Å². The minimum Gasteiger partial charge on any atom is -0.368 e. The molecule has 0 radical (unpaired) electrons. The van der Waals surface area contributed by atoms with Gasteiger partial charge in [0.05, 0.1) is 17.6 Å². The number of H-pyrrole nitrogens is 1. The van der Waals surface area contributed by atoms with Crippen molar-refractivity contribution in [1.82, 2.24) is 34.7 Å². The standard InChI is InChI=1S/C25H26N8O2/c1-15-7-18(5-6-27-15)25(2,35-14-34-4)22-9-21(31-24(26)32-22)20-12-29-23-19(20)8-16(10-28-23)17-11-30-33(3)13-17/h5-13H,14H2,1-4H3,(H,28,29)(H2,26,31,32). The molecular weight excluding hydrogens is 444 g/mol. The van der Waals surface area contributed by atoms with Gasteiger partial charge in [-0.25, -0.2) is 15.0 Å². The van der Waals surface area contributed by atoms with E-state index in [1.165, 1.54) is 0 Å². The third-order valence-corrected chi connectivity index (χ3v) is 5.99. The Morgan fingerprint density at radius 2 is 1.97 bits per heavy atom. The Balaban J connectivity index is 1.64. The number of hydrogen-bond acceptors (Lipinski definition) is 8. The van der Waals surface area contributed by atoms with Gasteiger partial charge < -0.3 is 20.2 Å². The molecule has 5 rings (SSSR count). The van der Waals surface area contributed by atoms with Gasteiger partial charge in [0.2, 0.25) is 5.95 Å². The molecule has 5 aromatic rings. The van der Waals surface area contributed by atoms with E-state index in [-0.39, 0.29) is 12.7 Å². The van der Waals surface area contributed by atoms with Crippen LogP contribution in [0.25, 0.3) is 33.4 Å². The lowest BCUT2D eigenvalue weighted by Crippen LogP contribution is -2.30. The van der Waals surface area contributed by atoms with Gasteiger partial charge in [0.15, 0.2) is 0 Å². The van der Waals surface area contributed by atoms with E-state index in [1.54, 1.807) is 18.0 Å². The van der Waals surface area contributed by atoms with E-state index in [9.17, 15) is 0 Å². The highest BCUT2D eigenvalue weighted by molar-refractivity contribution is 5.95. The highest BCUT2D eigenvalue weighted by Gasteiger charge is 2.33. The zero-order valence-electron chi connectivity index (χ0n) is 20.0. The van der Waals surface area contributed by atoms with Gasteiger partial charge in [-0.15, -0.1) is 0 Å². The number of anilines is 1. The van der Waals surface area contributed by atoms with Crippen LogP contribution in [0.15, 0.2) is 55.2 Å². The first-order valence-corrected chi connectivity index (χ1v) is 11.0. The largest absolute Gasteiger partial charge is 0.368 e. The number of nitrogens with one attached hydrogen (secondary N) is 1. The van der Waals surface area contributed by atoms with Crippen LogP contribution in [0, 0.1) is 6.92 Å². The smallest absolute Gasteiger partial charge is 0.220 e. The normalized spacial score (nSPS) is 13.3.